The number of carbonyl (C=O) groups excluding carboxylic acids is 2. The molecule has 27 heavy (non-hydrogen) atoms. The highest BCUT2D eigenvalue weighted by Gasteiger charge is 2.13. The summed E-state index contributed by atoms with van der Waals surface area (Å²) in [7, 11) is 0. The summed E-state index contributed by atoms with van der Waals surface area (Å²) in [6.07, 6.45) is 1.38. The van der Waals surface area contributed by atoms with Gasteiger partial charge in [-0.05, 0) is 42.5 Å². The van der Waals surface area contributed by atoms with Gasteiger partial charge in [0, 0.05) is 16.1 Å². The molecular formula is C19H13BrFN3O3. The molecule has 0 aliphatic heterocycles. The molecule has 3 N–H and O–H groups in total. The Morgan fingerprint density at radius 1 is 1.11 bits per heavy atom. The number of carbonyl (C=O) groups is 2. The largest absolute Gasteiger partial charge is 0.439 e. The van der Waals surface area contributed by atoms with Crippen molar-refractivity contribution in [3.8, 4) is 11.6 Å². The molecule has 6 nitrogen and oxygen atoms in total. The first kappa shape index (κ1) is 18.5. The molecule has 0 spiro atoms. The number of hydrogen-bond donors (Lipinski definition) is 2. The molecule has 0 aliphatic rings. The van der Waals surface area contributed by atoms with E-state index in [1.54, 1.807) is 24.3 Å². The number of halogens is 2. The molecule has 3 aromatic rings. The Morgan fingerprint density at radius 2 is 1.93 bits per heavy atom. The van der Waals surface area contributed by atoms with Gasteiger partial charge in [-0.3, -0.25) is 9.59 Å². The molecule has 0 fully saturated rings. The summed E-state index contributed by atoms with van der Waals surface area (Å²) in [5.41, 5.74) is 5.83. The third-order valence-electron chi connectivity index (χ3n) is 3.51. The third-order valence-corrected chi connectivity index (χ3v) is 4.00. The van der Waals surface area contributed by atoms with Crippen molar-refractivity contribution < 1.29 is 18.7 Å². The maximum atomic E-state index is 13.8. The van der Waals surface area contributed by atoms with E-state index in [0.29, 0.717) is 21.5 Å². The molecule has 0 aliphatic carbocycles. The summed E-state index contributed by atoms with van der Waals surface area (Å²) >= 11 is 3.20. The molecule has 136 valence electrons. The van der Waals surface area contributed by atoms with Crippen LogP contribution < -0.4 is 15.8 Å². The lowest BCUT2D eigenvalue weighted by molar-refractivity contribution is 0.0997. The SMILES string of the molecule is NC(=O)c1cccc(Oc2ccc(NC(=O)c3cc(Br)ccc3F)cn2)c1. The fourth-order valence-electron chi connectivity index (χ4n) is 2.22. The van der Waals surface area contributed by atoms with Crippen LogP contribution in [0.5, 0.6) is 11.6 Å². The van der Waals surface area contributed by atoms with Crippen molar-refractivity contribution in [3.63, 3.8) is 0 Å². The van der Waals surface area contributed by atoms with E-state index >= 15 is 0 Å². The van der Waals surface area contributed by atoms with Crippen LogP contribution in [0.4, 0.5) is 10.1 Å². The van der Waals surface area contributed by atoms with Crippen molar-refractivity contribution in [2.45, 2.75) is 0 Å². The average Bonchev–Trinajstić information content (AvgIpc) is 2.65. The van der Waals surface area contributed by atoms with Crippen LogP contribution in [0.15, 0.2) is 65.3 Å². The van der Waals surface area contributed by atoms with E-state index in [1.807, 2.05) is 0 Å². The van der Waals surface area contributed by atoms with E-state index in [4.69, 9.17) is 10.5 Å². The quantitative estimate of drug-likeness (QED) is 0.637. The molecule has 0 saturated heterocycles. The van der Waals surface area contributed by atoms with Crippen molar-refractivity contribution in [1.82, 2.24) is 4.98 Å². The van der Waals surface area contributed by atoms with Gasteiger partial charge in [-0.1, -0.05) is 22.0 Å². The fourth-order valence-corrected chi connectivity index (χ4v) is 2.58. The minimum Gasteiger partial charge on any atom is -0.439 e. The Morgan fingerprint density at radius 3 is 2.63 bits per heavy atom. The highest BCUT2D eigenvalue weighted by molar-refractivity contribution is 9.10. The van der Waals surface area contributed by atoms with Gasteiger partial charge in [-0.15, -0.1) is 0 Å². The van der Waals surface area contributed by atoms with Crippen molar-refractivity contribution in [2.24, 2.45) is 5.73 Å². The zero-order valence-electron chi connectivity index (χ0n) is 13.8. The second-order valence-corrected chi connectivity index (χ2v) is 6.37. The summed E-state index contributed by atoms with van der Waals surface area (Å²) in [6.45, 7) is 0. The number of ether oxygens (including phenoxy) is 1. The Labute approximate surface area is 162 Å². The molecule has 0 unspecified atom stereocenters. The van der Waals surface area contributed by atoms with Crippen LogP contribution in [-0.4, -0.2) is 16.8 Å². The first-order valence-electron chi connectivity index (χ1n) is 7.72. The van der Waals surface area contributed by atoms with E-state index < -0.39 is 17.6 Å². The minimum atomic E-state index is -0.627. The summed E-state index contributed by atoms with van der Waals surface area (Å²) in [5.74, 6) is -1.14. The lowest BCUT2D eigenvalue weighted by atomic mass is 10.2. The first-order valence-corrected chi connectivity index (χ1v) is 8.52. The van der Waals surface area contributed by atoms with Gasteiger partial charge in [-0.2, -0.15) is 0 Å². The molecule has 0 radical (unpaired) electrons. The number of primary amides is 1. The van der Waals surface area contributed by atoms with Crippen LogP contribution in [0.1, 0.15) is 20.7 Å². The Balaban J connectivity index is 1.70. The molecule has 0 bridgehead atoms. The number of aromatic nitrogens is 1. The van der Waals surface area contributed by atoms with Gasteiger partial charge >= 0.3 is 0 Å². The number of rotatable bonds is 5. The number of hydrogen-bond acceptors (Lipinski definition) is 4. The zero-order chi connectivity index (χ0) is 19.4. The van der Waals surface area contributed by atoms with E-state index in [1.165, 1.54) is 36.5 Å². The van der Waals surface area contributed by atoms with Gasteiger partial charge in [0.1, 0.15) is 11.6 Å². The van der Waals surface area contributed by atoms with Crippen LogP contribution in [0.25, 0.3) is 0 Å². The van der Waals surface area contributed by atoms with Crippen LogP contribution in [-0.2, 0) is 0 Å². The summed E-state index contributed by atoms with van der Waals surface area (Å²) < 4.78 is 19.9. The molecule has 2 aromatic carbocycles. The lowest BCUT2D eigenvalue weighted by Gasteiger charge is -2.08. The highest BCUT2D eigenvalue weighted by Crippen LogP contribution is 2.22. The molecule has 0 saturated carbocycles. The number of nitrogens with two attached hydrogens (primary N) is 1. The van der Waals surface area contributed by atoms with Gasteiger partial charge in [-0.25, -0.2) is 9.37 Å². The van der Waals surface area contributed by atoms with Gasteiger partial charge < -0.3 is 15.8 Å². The van der Waals surface area contributed by atoms with Crippen molar-refractivity contribution >= 4 is 33.4 Å². The Hall–Kier alpha value is -3.26. The van der Waals surface area contributed by atoms with Crippen molar-refractivity contribution in [2.75, 3.05) is 5.32 Å². The molecule has 8 heteroatoms. The second kappa shape index (κ2) is 7.96. The second-order valence-electron chi connectivity index (χ2n) is 5.46. The number of nitrogens with zero attached hydrogens (tertiary/aromatic N) is 1. The maximum Gasteiger partial charge on any atom is 0.258 e. The fraction of sp³-hybridized carbons (Fsp3) is 0. The minimum absolute atomic E-state index is 0.0898. The number of anilines is 1. The number of amides is 2. The smallest absolute Gasteiger partial charge is 0.258 e. The highest BCUT2D eigenvalue weighted by atomic mass is 79.9. The summed E-state index contributed by atoms with van der Waals surface area (Å²) in [4.78, 5) is 27.5. The van der Waals surface area contributed by atoms with E-state index in [0.717, 1.165) is 0 Å². The normalized spacial score (nSPS) is 10.3. The van der Waals surface area contributed by atoms with Crippen molar-refractivity contribution in [1.29, 1.82) is 0 Å². The predicted octanol–water partition coefficient (Wildman–Crippen LogP) is 4.13. The number of benzene rings is 2. The van der Waals surface area contributed by atoms with E-state index in [-0.39, 0.29) is 11.4 Å². The van der Waals surface area contributed by atoms with Gasteiger partial charge in [0.2, 0.25) is 11.8 Å². The molecule has 1 heterocycles. The number of nitrogens with one attached hydrogen (secondary N) is 1. The topological polar surface area (TPSA) is 94.3 Å². The van der Waals surface area contributed by atoms with Crippen molar-refractivity contribution in [3.05, 3.63) is 82.2 Å². The number of pyridine rings is 1. The predicted molar refractivity (Wildman–Crippen MR) is 101 cm³/mol. The Kier molecular flexibility index (Phi) is 5.46. The average molecular weight is 430 g/mol. The van der Waals surface area contributed by atoms with E-state index in [2.05, 4.69) is 26.2 Å². The molecule has 3 rings (SSSR count). The van der Waals surface area contributed by atoms with Crippen LogP contribution in [0.2, 0.25) is 0 Å². The lowest BCUT2D eigenvalue weighted by Crippen LogP contribution is -2.14. The van der Waals surface area contributed by atoms with Crippen LogP contribution >= 0.6 is 15.9 Å². The summed E-state index contributed by atoms with van der Waals surface area (Å²) in [5, 5.41) is 2.56. The van der Waals surface area contributed by atoms with Gasteiger partial charge in [0.05, 0.1) is 17.4 Å². The molecule has 2 amide bonds. The van der Waals surface area contributed by atoms with Gasteiger partial charge in [0.25, 0.3) is 5.91 Å². The monoisotopic (exact) mass is 429 g/mol. The molecule has 1 aromatic heterocycles. The van der Waals surface area contributed by atoms with Crippen LogP contribution in [0.3, 0.4) is 0 Å². The standard InChI is InChI=1S/C19H13BrFN3O3/c20-12-4-6-16(21)15(9-12)19(26)24-13-5-7-17(23-10-13)27-14-3-1-2-11(8-14)18(22)25/h1-10H,(H2,22,25)(H,24,26). The third kappa shape index (κ3) is 4.68. The van der Waals surface area contributed by atoms with E-state index in [9.17, 15) is 14.0 Å². The first-order chi connectivity index (χ1) is 12.9. The summed E-state index contributed by atoms with van der Waals surface area (Å²) in [6, 6.07) is 13.6. The molecule has 0 atom stereocenters. The van der Waals surface area contributed by atoms with Gasteiger partial charge in [0.15, 0.2) is 0 Å². The molecular weight excluding hydrogens is 417 g/mol. The maximum absolute atomic E-state index is 13.8. The van der Waals surface area contributed by atoms with Crippen LogP contribution in [0, 0.1) is 5.82 Å². The Bertz CT molecular complexity index is 1010. The zero-order valence-corrected chi connectivity index (χ0v) is 15.4.